The largest absolute Gasteiger partial charge is 0.497 e. The van der Waals surface area contributed by atoms with Gasteiger partial charge in [0, 0.05) is 57.0 Å². The second kappa shape index (κ2) is 9.87. The van der Waals surface area contributed by atoms with Crippen molar-refractivity contribution in [2.45, 2.75) is 25.6 Å². The van der Waals surface area contributed by atoms with Gasteiger partial charge in [-0.3, -0.25) is 9.80 Å². The second-order valence-electron chi connectivity index (χ2n) is 7.18. The first-order valence-electron chi connectivity index (χ1n) is 9.65. The van der Waals surface area contributed by atoms with Crippen molar-refractivity contribution in [3.63, 3.8) is 0 Å². The van der Waals surface area contributed by atoms with Gasteiger partial charge in [-0.2, -0.15) is 0 Å². The van der Waals surface area contributed by atoms with Crippen LogP contribution in [0.15, 0.2) is 42.5 Å². The molecule has 1 saturated heterocycles. The highest BCUT2D eigenvalue weighted by Gasteiger charge is 2.27. The minimum Gasteiger partial charge on any atom is -0.497 e. The fourth-order valence-corrected chi connectivity index (χ4v) is 3.72. The van der Waals surface area contributed by atoms with Crippen LogP contribution in [-0.2, 0) is 13.1 Å². The van der Waals surface area contributed by atoms with Crippen LogP contribution >= 0.6 is 0 Å². The number of benzene rings is 2. The van der Waals surface area contributed by atoms with Crippen molar-refractivity contribution < 1.29 is 19.0 Å². The molecule has 5 nitrogen and oxygen atoms in total. The third kappa shape index (κ3) is 5.22. The Morgan fingerprint density at radius 3 is 2.36 bits per heavy atom. The Morgan fingerprint density at radius 2 is 1.71 bits per heavy atom. The Morgan fingerprint density at radius 1 is 1.00 bits per heavy atom. The zero-order valence-corrected chi connectivity index (χ0v) is 16.6. The van der Waals surface area contributed by atoms with E-state index in [1.54, 1.807) is 19.2 Å². The highest BCUT2D eigenvalue weighted by molar-refractivity contribution is 5.29. The molecule has 1 aliphatic heterocycles. The molecule has 0 amide bonds. The summed E-state index contributed by atoms with van der Waals surface area (Å²) in [6.07, 6.45) is 0.677. The Balaban J connectivity index is 1.63. The van der Waals surface area contributed by atoms with Crippen molar-refractivity contribution in [2.75, 3.05) is 40.5 Å². The van der Waals surface area contributed by atoms with E-state index < -0.39 is 0 Å². The van der Waals surface area contributed by atoms with Gasteiger partial charge in [0.25, 0.3) is 0 Å². The van der Waals surface area contributed by atoms with Crippen LogP contribution in [0, 0.1) is 5.82 Å². The maximum absolute atomic E-state index is 14.4. The number of hydrogen-bond donors (Lipinski definition) is 1. The summed E-state index contributed by atoms with van der Waals surface area (Å²) in [6.45, 7) is 4.12. The lowest BCUT2D eigenvalue weighted by molar-refractivity contribution is 0.0493. The maximum Gasteiger partial charge on any atom is 0.131 e. The van der Waals surface area contributed by atoms with Crippen LogP contribution in [0.25, 0.3) is 0 Å². The summed E-state index contributed by atoms with van der Waals surface area (Å²) < 4.78 is 24.7. The lowest BCUT2D eigenvalue weighted by Crippen LogP contribution is -2.52. The van der Waals surface area contributed by atoms with Crippen LogP contribution < -0.4 is 9.47 Å². The second-order valence-corrected chi connectivity index (χ2v) is 7.18. The number of hydrogen-bond acceptors (Lipinski definition) is 5. The molecule has 6 heteroatoms. The normalized spacial score (nSPS) is 18.2. The van der Waals surface area contributed by atoms with Crippen molar-refractivity contribution in [1.29, 1.82) is 0 Å². The Hall–Kier alpha value is -2.15. The van der Waals surface area contributed by atoms with Crippen molar-refractivity contribution in [2.24, 2.45) is 0 Å². The zero-order chi connectivity index (χ0) is 19.9. The molecule has 1 fully saturated rings. The van der Waals surface area contributed by atoms with Crippen LogP contribution in [0.2, 0.25) is 0 Å². The number of halogens is 1. The van der Waals surface area contributed by atoms with E-state index in [-0.39, 0.29) is 18.5 Å². The molecule has 1 atom stereocenters. The van der Waals surface area contributed by atoms with Gasteiger partial charge in [0.1, 0.15) is 17.3 Å². The predicted molar refractivity (Wildman–Crippen MR) is 107 cm³/mol. The number of rotatable bonds is 8. The number of nitrogens with zero attached hydrogens (tertiary/aromatic N) is 2. The summed E-state index contributed by atoms with van der Waals surface area (Å²) in [5.74, 6) is 1.13. The van der Waals surface area contributed by atoms with Gasteiger partial charge >= 0.3 is 0 Å². The molecule has 0 unspecified atom stereocenters. The van der Waals surface area contributed by atoms with Crippen molar-refractivity contribution in [1.82, 2.24) is 9.80 Å². The van der Waals surface area contributed by atoms with Crippen molar-refractivity contribution >= 4 is 0 Å². The summed E-state index contributed by atoms with van der Waals surface area (Å²) in [5, 5.41) is 9.51. The van der Waals surface area contributed by atoms with Crippen LogP contribution in [-0.4, -0.2) is 61.4 Å². The molecule has 0 bridgehead atoms. The average Bonchev–Trinajstić information content (AvgIpc) is 2.72. The van der Waals surface area contributed by atoms with E-state index in [4.69, 9.17) is 9.47 Å². The number of piperazine rings is 1. The van der Waals surface area contributed by atoms with Gasteiger partial charge in [-0.25, -0.2) is 4.39 Å². The molecule has 1 aliphatic rings. The molecule has 1 heterocycles. The number of methoxy groups -OCH3 is 2. The molecule has 0 aliphatic carbocycles. The van der Waals surface area contributed by atoms with E-state index in [0.717, 1.165) is 31.9 Å². The Labute approximate surface area is 166 Å². The van der Waals surface area contributed by atoms with Gasteiger partial charge in [0.2, 0.25) is 0 Å². The molecular formula is C22H29FN2O3. The predicted octanol–water partition coefficient (Wildman–Crippen LogP) is 2.91. The van der Waals surface area contributed by atoms with E-state index in [1.807, 2.05) is 12.1 Å². The van der Waals surface area contributed by atoms with Crippen LogP contribution in [0.1, 0.15) is 17.5 Å². The number of aliphatic hydroxyl groups excluding tert-OH is 1. The molecule has 152 valence electrons. The topological polar surface area (TPSA) is 45.2 Å². The highest BCUT2D eigenvalue weighted by atomic mass is 19.1. The first-order valence-corrected chi connectivity index (χ1v) is 9.65. The summed E-state index contributed by atoms with van der Waals surface area (Å²) in [5.41, 5.74) is 1.89. The zero-order valence-electron chi connectivity index (χ0n) is 16.6. The number of aliphatic hydroxyl groups is 1. The smallest absolute Gasteiger partial charge is 0.131 e. The van der Waals surface area contributed by atoms with E-state index in [0.29, 0.717) is 24.3 Å². The summed E-state index contributed by atoms with van der Waals surface area (Å²) in [6, 6.07) is 13.3. The molecule has 0 aromatic heterocycles. The van der Waals surface area contributed by atoms with Crippen molar-refractivity contribution in [3.05, 3.63) is 59.4 Å². The van der Waals surface area contributed by atoms with Gasteiger partial charge in [0.05, 0.1) is 14.2 Å². The first-order chi connectivity index (χ1) is 13.6. The fourth-order valence-electron chi connectivity index (χ4n) is 3.72. The molecule has 2 aromatic rings. The van der Waals surface area contributed by atoms with E-state index >= 15 is 0 Å². The Bertz CT molecular complexity index is 754. The SMILES string of the molecule is COc1ccc(CN2CCN(Cc3ccc(OC)cc3F)[C@H](CCO)C2)cc1. The minimum absolute atomic E-state index is 0.128. The fraction of sp³-hybridized carbons (Fsp3) is 0.455. The molecule has 2 aromatic carbocycles. The molecule has 0 radical (unpaired) electrons. The molecule has 1 N–H and O–H groups in total. The van der Waals surface area contributed by atoms with Crippen molar-refractivity contribution in [3.8, 4) is 11.5 Å². The highest BCUT2D eigenvalue weighted by Crippen LogP contribution is 2.22. The lowest BCUT2D eigenvalue weighted by Gasteiger charge is -2.41. The van der Waals surface area contributed by atoms with Gasteiger partial charge in [-0.1, -0.05) is 18.2 Å². The third-order valence-electron chi connectivity index (χ3n) is 5.35. The molecule has 0 spiro atoms. The minimum atomic E-state index is -0.247. The van der Waals surface area contributed by atoms with E-state index in [2.05, 4.69) is 21.9 Å². The Kier molecular flexibility index (Phi) is 7.25. The van der Waals surface area contributed by atoms with Gasteiger partial charge in [-0.05, 0) is 30.2 Å². The lowest BCUT2D eigenvalue weighted by atomic mass is 10.1. The summed E-state index contributed by atoms with van der Waals surface area (Å²) in [7, 11) is 3.20. The summed E-state index contributed by atoms with van der Waals surface area (Å²) in [4.78, 5) is 4.66. The average molecular weight is 388 g/mol. The van der Waals surface area contributed by atoms with E-state index in [9.17, 15) is 9.50 Å². The third-order valence-corrected chi connectivity index (χ3v) is 5.35. The van der Waals surface area contributed by atoms with Gasteiger partial charge in [0.15, 0.2) is 0 Å². The van der Waals surface area contributed by atoms with Gasteiger partial charge < -0.3 is 14.6 Å². The van der Waals surface area contributed by atoms with Gasteiger partial charge in [-0.15, -0.1) is 0 Å². The first kappa shape index (κ1) is 20.6. The monoisotopic (exact) mass is 388 g/mol. The van der Waals surface area contributed by atoms with Crippen LogP contribution in [0.3, 0.4) is 0 Å². The quantitative estimate of drug-likeness (QED) is 0.753. The maximum atomic E-state index is 14.4. The molecular weight excluding hydrogens is 359 g/mol. The number of ether oxygens (including phenoxy) is 2. The molecule has 3 rings (SSSR count). The molecule has 0 saturated carbocycles. The van der Waals surface area contributed by atoms with Crippen LogP contribution in [0.5, 0.6) is 11.5 Å². The van der Waals surface area contributed by atoms with Crippen LogP contribution in [0.4, 0.5) is 4.39 Å². The summed E-state index contributed by atoms with van der Waals surface area (Å²) >= 11 is 0. The standard InChI is InChI=1S/C22H29FN2O3/c1-27-20-6-3-17(4-7-20)14-24-10-11-25(19(16-24)9-12-26)15-18-5-8-21(28-2)13-22(18)23/h3-8,13,19,26H,9-12,14-16H2,1-2H3/t19-/m1/s1. The molecule has 28 heavy (non-hydrogen) atoms. The van der Waals surface area contributed by atoms with E-state index in [1.165, 1.54) is 18.7 Å².